The Morgan fingerprint density at radius 3 is 2.52 bits per heavy atom. The molecule has 0 unspecified atom stereocenters. The highest BCUT2D eigenvalue weighted by molar-refractivity contribution is 5.89. The molecule has 2 heterocycles. The molecular formula is C23H23N5O. The van der Waals surface area contributed by atoms with Crippen molar-refractivity contribution in [3.8, 4) is 17.6 Å². The van der Waals surface area contributed by atoms with Crippen LogP contribution in [0, 0.1) is 11.3 Å². The number of benzene rings is 1. The summed E-state index contributed by atoms with van der Waals surface area (Å²) in [6.07, 6.45) is 8.78. The van der Waals surface area contributed by atoms with E-state index in [9.17, 15) is 4.79 Å². The van der Waals surface area contributed by atoms with Gasteiger partial charge in [-0.1, -0.05) is 31.0 Å². The highest BCUT2D eigenvalue weighted by atomic mass is 16.1. The highest BCUT2D eigenvalue weighted by Gasteiger charge is 2.07. The zero-order valence-electron chi connectivity index (χ0n) is 16.2. The topological polar surface area (TPSA) is 91.6 Å². The van der Waals surface area contributed by atoms with Crippen molar-refractivity contribution >= 4 is 11.7 Å². The van der Waals surface area contributed by atoms with Crippen LogP contribution < -0.4 is 5.32 Å². The van der Waals surface area contributed by atoms with E-state index >= 15 is 0 Å². The van der Waals surface area contributed by atoms with Crippen LogP contribution in [-0.4, -0.2) is 20.9 Å². The van der Waals surface area contributed by atoms with Gasteiger partial charge in [0.05, 0.1) is 11.6 Å². The number of hydrogen-bond acceptors (Lipinski definition) is 5. The summed E-state index contributed by atoms with van der Waals surface area (Å²) in [5.74, 6) is 0.945. The van der Waals surface area contributed by atoms with Crippen LogP contribution in [0.2, 0.25) is 0 Å². The molecule has 0 spiro atoms. The lowest BCUT2D eigenvalue weighted by Gasteiger charge is -2.06. The number of nitriles is 1. The minimum Gasteiger partial charge on any atom is -0.311 e. The SMILES string of the molecule is N#Cc1ccc(CCCCCCC(=O)Nc2ccnc(-c3ccccn3)n2)cc1. The number of pyridine rings is 1. The molecule has 1 N–H and O–H groups in total. The van der Waals surface area contributed by atoms with Crippen LogP contribution in [0.25, 0.3) is 11.5 Å². The molecule has 6 heteroatoms. The van der Waals surface area contributed by atoms with Gasteiger partial charge < -0.3 is 5.32 Å². The van der Waals surface area contributed by atoms with Crippen molar-refractivity contribution < 1.29 is 4.79 Å². The average molecular weight is 385 g/mol. The number of aryl methyl sites for hydroxylation is 1. The van der Waals surface area contributed by atoms with Crippen molar-refractivity contribution in [3.05, 3.63) is 72.1 Å². The zero-order valence-corrected chi connectivity index (χ0v) is 16.2. The summed E-state index contributed by atoms with van der Waals surface area (Å²) in [6, 6.07) is 17.1. The van der Waals surface area contributed by atoms with Crippen LogP contribution in [0.3, 0.4) is 0 Å². The maximum atomic E-state index is 12.2. The molecule has 1 amide bonds. The van der Waals surface area contributed by atoms with E-state index in [0.29, 0.717) is 29.3 Å². The second-order valence-electron chi connectivity index (χ2n) is 6.75. The van der Waals surface area contributed by atoms with Crippen LogP contribution in [0.5, 0.6) is 0 Å². The first-order chi connectivity index (χ1) is 14.2. The van der Waals surface area contributed by atoms with Gasteiger partial charge in [-0.05, 0) is 55.2 Å². The van der Waals surface area contributed by atoms with E-state index in [1.54, 1.807) is 18.5 Å². The van der Waals surface area contributed by atoms with E-state index in [-0.39, 0.29) is 5.91 Å². The second-order valence-corrected chi connectivity index (χ2v) is 6.75. The Morgan fingerprint density at radius 1 is 0.931 bits per heavy atom. The lowest BCUT2D eigenvalue weighted by atomic mass is 10.0. The maximum Gasteiger partial charge on any atom is 0.225 e. The first kappa shape index (κ1) is 20.2. The number of carbonyl (C=O) groups is 1. The number of rotatable bonds is 9. The average Bonchev–Trinajstić information content (AvgIpc) is 2.77. The summed E-state index contributed by atoms with van der Waals surface area (Å²) in [4.78, 5) is 25.0. The molecule has 3 rings (SSSR count). The molecule has 0 aliphatic heterocycles. The first-order valence-corrected chi connectivity index (χ1v) is 9.78. The third-order valence-corrected chi connectivity index (χ3v) is 4.52. The van der Waals surface area contributed by atoms with Crippen LogP contribution in [0.4, 0.5) is 5.82 Å². The second kappa shape index (κ2) is 10.7. The lowest BCUT2D eigenvalue weighted by Crippen LogP contribution is -2.12. The van der Waals surface area contributed by atoms with Crippen molar-refractivity contribution in [3.63, 3.8) is 0 Å². The van der Waals surface area contributed by atoms with Crippen molar-refractivity contribution in [2.45, 2.75) is 38.5 Å². The summed E-state index contributed by atoms with van der Waals surface area (Å²) in [6.45, 7) is 0. The van der Waals surface area contributed by atoms with Crippen molar-refractivity contribution in [2.24, 2.45) is 0 Å². The minimum absolute atomic E-state index is 0.0391. The Bertz CT molecular complexity index is 965. The van der Waals surface area contributed by atoms with Gasteiger partial charge in [0.1, 0.15) is 11.5 Å². The van der Waals surface area contributed by atoms with E-state index in [0.717, 1.165) is 32.1 Å². The summed E-state index contributed by atoms with van der Waals surface area (Å²) in [7, 11) is 0. The molecule has 0 fully saturated rings. The molecule has 0 aliphatic rings. The van der Waals surface area contributed by atoms with Crippen molar-refractivity contribution in [1.82, 2.24) is 15.0 Å². The monoisotopic (exact) mass is 385 g/mol. The number of nitrogens with one attached hydrogen (secondary N) is 1. The molecule has 6 nitrogen and oxygen atoms in total. The number of nitrogens with zero attached hydrogens (tertiary/aromatic N) is 4. The number of anilines is 1. The third kappa shape index (κ3) is 6.51. The van der Waals surface area contributed by atoms with Crippen LogP contribution in [-0.2, 0) is 11.2 Å². The molecule has 0 saturated heterocycles. The van der Waals surface area contributed by atoms with Gasteiger partial charge in [-0.3, -0.25) is 9.78 Å². The van der Waals surface area contributed by atoms with Gasteiger partial charge in [-0.15, -0.1) is 0 Å². The first-order valence-electron chi connectivity index (χ1n) is 9.78. The maximum absolute atomic E-state index is 12.2. The van der Waals surface area contributed by atoms with Gasteiger partial charge in [-0.2, -0.15) is 5.26 Å². The van der Waals surface area contributed by atoms with Gasteiger partial charge >= 0.3 is 0 Å². The van der Waals surface area contributed by atoms with E-state index < -0.39 is 0 Å². The summed E-state index contributed by atoms with van der Waals surface area (Å²) >= 11 is 0. The predicted molar refractivity (Wildman–Crippen MR) is 112 cm³/mol. The summed E-state index contributed by atoms with van der Waals surface area (Å²) in [5, 5.41) is 11.6. The van der Waals surface area contributed by atoms with Crippen LogP contribution >= 0.6 is 0 Å². The molecule has 29 heavy (non-hydrogen) atoms. The smallest absolute Gasteiger partial charge is 0.225 e. The predicted octanol–water partition coefficient (Wildman–Crippen LogP) is 4.54. The molecule has 0 aliphatic carbocycles. The molecule has 2 aromatic heterocycles. The normalized spacial score (nSPS) is 10.3. The number of amides is 1. The summed E-state index contributed by atoms with van der Waals surface area (Å²) in [5.41, 5.74) is 2.61. The molecule has 1 aromatic carbocycles. The number of aromatic nitrogens is 3. The van der Waals surface area contributed by atoms with Gasteiger partial charge in [0.25, 0.3) is 0 Å². The van der Waals surface area contributed by atoms with Gasteiger partial charge in [-0.25, -0.2) is 9.97 Å². The fourth-order valence-corrected chi connectivity index (χ4v) is 2.97. The lowest BCUT2D eigenvalue weighted by molar-refractivity contribution is -0.116. The van der Waals surface area contributed by atoms with Crippen molar-refractivity contribution in [2.75, 3.05) is 5.32 Å². The van der Waals surface area contributed by atoms with Crippen molar-refractivity contribution in [1.29, 1.82) is 5.26 Å². The standard InChI is InChI=1S/C23H23N5O/c24-17-19-12-10-18(11-13-19)7-3-1-2-4-9-22(29)27-21-14-16-26-23(28-21)20-8-5-6-15-25-20/h5-6,8,10-16H,1-4,7,9H2,(H,26,27,28,29). The van der Waals surface area contributed by atoms with Crippen LogP contribution in [0.15, 0.2) is 60.9 Å². The Morgan fingerprint density at radius 2 is 1.76 bits per heavy atom. The van der Waals surface area contributed by atoms with Gasteiger partial charge in [0.15, 0.2) is 5.82 Å². The Balaban J connectivity index is 1.35. The zero-order chi connectivity index (χ0) is 20.3. The molecule has 0 saturated carbocycles. The molecule has 0 radical (unpaired) electrons. The van der Waals surface area contributed by atoms with Gasteiger partial charge in [0, 0.05) is 18.8 Å². The Labute approximate surface area is 170 Å². The summed E-state index contributed by atoms with van der Waals surface area (Å²) < 4.78 is 0. The third-order valence-electron chi connectivity index (χ3n) is 4.52. The van der Waals surface area contributed by atoms with E-state index in [2.05, 4.69) is 26.3 Å². The number of carbonyl (C=O) groups excluding carboxylic acids is 1. The fraction of sp³-hybridized carbons (Fsp3) is 0.261. The Kier molecular flexibility index (Phi) is 7.41. The van der Waals surface area contributed by atoms with Gasteiger partial charge in [0.2, 0.25) is 5.91 Å². The minimum atomic E-state index is -0.0391. The molecular weight excluding hydrogens is 362 g/mol. The largest absolute Gasteiger partial charge is 0.311 e. The van der Waals surface area contributed by atoms with E-state index in [1.165, 1.54) is 5.56 Å². The number of unbranched alkanes of at least 4 members (excludes halogenated alkanes) is 3. The molecule has 0 bridgehead atoms. The fourth-order valence-electron chi connectivity index (χ4n) is 2.97. The Hall–Kier alpha value is -3.59. The molecule has 0 atom stereocenters. The molecule has 3 aromatic rings. The molecule has 146 valence electrons. The van der Waals surface area contributed by atoms with E-state index in [1.807, 2.05) is 42.5 Å². The number of hydrogen-bond donors (Lipinski definition) is 1. The highest BCUT2D eigenvalue weighted by Crippen LogP contribution is 2.14. The van der Waals surface area contributed by atoms with E-state index in [4.69, 9.17) is 5.26 Å². The van der Waals surface area contributed by atoms with Crippen LogP contribution in [0.1, 0.15) is 43.2 Å². The quantitative estimate of drug-likeness (QED) is 0.546.